The lowest BCUT2D eigenvalue weighted by molar-refractivity contribution is 0.781. The van der Waals surface area contributed by atoms with Gasteiger partial charge in [-0.3, -0.25) is 9.97 Å². The normalized spacial score (nSPS) is 9.80. The van der Waals surface area contributed by atoms with E-state index in [9.17, 15) is 0 Å². The molecule has 0 spiro atoms. The van der Waals surface area contributed by atoms with Crippen LogP contribution in [0.4, 0.5) is 0 Å². The highest BCUT2D eigenvalue weighted by atomic mass is 14.9. The topological polar surface area (TPSA) is 37.8 Å². The van der Waals surface area contributed by atoms with Crippen molar-refractivity contribution < 1.29 is 0 Å². The molecule has 0 fully saturated rings. The van der Waals surface area contributed by atoms with Gasteiger partial charge in [-0.25, -0.2) is 0 Å². The summed E-state index contributed by atoms with van der Waals surface area (Å²) in [5.41, 5.74) is 1.94. The van der Waals surface area contributed by atoms with Gasteiger partial charge in [0.1, 0.15) is 0 Å². The molecule has 1 rings (SSSR count). The SMILES string of the molecule is CNCc1cnc(C)cn1. The quantitative estimate of drug-likeness (QED) is 0.645. The van der Waals surface area contributed by atoms with Crippen LogP contribution >= 0.6 is 0 Å². The van der Waals surface area contributed by atoms with Gasteiger partial charge < -0.3 is 5.32 Å². The van der Waals surface area contributed by atoms with E-state index in [4.69, 9.17) is 0 Å². The van der Waals surface area contributed by atoms with E-state index in [1.807, 2.05) is 14.0 Å². The molecule has 10 heavy (non-hydrogen) atoms. The Balaban J connectivity index is 2.69. The van der Waals surface area contributed by atoms with E-state index in [0.717, 1.165) is 17.9 Å². The van der Waals surface area contributed by atoms with Gasteiger partial charge in [-0.15, -0.1) is 0 Å². The molecule has 3 heteroatoms. The van der Waals surface area contributed by atoms with Crippen molar-refractivity contribution in [1.82, 2.24) is 15.3 Å². The maximum Gasteiger partial charge on any atom is 0.0724 e. The van der Waals surface area contributed by atoms with E-state index in [-0.39, 0.29) is 0 Å². The first kappa shape index (κ1) is 7.15. The average molecular weight is 137 g/mol. The van der Waals surface area contributed by atoms with Crippen LogP contribution in [0, 0.1) is 6.92 Å². The van der Waals surface area contributed by atoms with Gasteiger partial charge in [0.25, 0.3) is 0 Å². The molecule has 0 aliphatic rings. The zero-order valence-corrected chi connectivity index (χ0v) is 6.26. The minimum Gasteiger partial charge on any atom is -0.314 e. The van der Waals surface area contributed by atoms with Crippen molar-refractivity contribution in [3.63, 3.8) is 0 Å². The molecule has 0 saturated carbocycles. The molecular weight excluding hydrogens is 126 g/mol. The number of aromatic nitrogens is 2. The molecular formula is C7H11N3. The Hall–Kier alpha value is -0.960. The molecule has 0 aliphatic heterocycles. The molecule has 1 aromatic rings. The lowest BCUT2D eigenvalue weighted by Crippen LogP contribution is -2.07. The maximum atomic E-state index is 4.14. The van der Waals surface area contributed by atoms with Gasteiger partial charge in [0.05, 0.1) is 11.4 Å². The summed E-state index contributed by atoms with van der Waals surface area (Å²) in [6, 6.07) is 0. The summed E-state index contributed by atoms with van der Waals surface area (Å²) in [4.78, 5) is 8.24. The fourth-order valence-electron chi connectivity index (χ4n) is 0.692. The Morgan fingerprint density at radius 1 is 1.40 bits per heavy atom. The van der Waals surface area contributed by atoms with Crippen molar-refractivity contribution in [1.29, 1.82) is 0 Å². The third-order valence-electron chi connectivity index (χ3n) is 1.19. The molecule has 3 nitrogen and oxygen atoms in total. The molecule has 0 aliphatic carbocycles. The average Bonchev–Trinajstić information content (AvgIpc) is 1.95. The zero-order valence-electron chi connectivity index (χ0n) is 6.26. The molecule has 0 radical (unpaired) electrons. The summed E-state index contributed by atoms with van der Waals surface area (Å²) < 4.78 is 0. The van der Waals surface area contributed by atoms with Gasteiger partial charge in [-0.2, -0.15) is 0 Å². The Kier molecular flexibility index (Phi) is 2.34. The van der Waals surface area contributed by atoms with E-state index < -0.39 is 0 Å². The Morgan fingerprint density at radius 3 is 2.70 bits per heavy atom. The van der Waals surface area contributed by atoms with E-state index >= 15 is 0 Å². The molecule has 0 amide bonds. The molecule has 0 unspecified atom stereocenters. The van der Waals surface area contributed by atoms with Crippen LogP contribution in [-0.2, 0) is 6.54 Å². The molecule has 1 heterocycles. The van der Waals surface area contributed by atoms with E-state index in [1.165, 1.54) is 0 Å². The van der Waals surface area contributed by atoms with Crippen LogP contribution in [0.25, 0.3) is 0 Å². The van der Waals surface area contributed by atoms with Crippen LogP contribution in [-0.4, -0.2) is 17.0 Å². The second-order valence-corrected chi connectivity index (χ2v) is 2.18. The predicted molar refractivity (Wildman–Crippen MR) is 39.5 cm³/mol. The summed E-state index contributed by atoms with van der Waals surface area (Å²) >= 11 is 0. The van der Waals surface area contributed by atoms with Gasteiger partial charge in [-0.05, 0) is 14.0 Å². The zero-order chi connectivity index (χ0) is 7.40. The summed E-state index contributed by atoms with van der Waals surface area (Å²) in [6.45, 7) is 2.71. The largest absolute Gasteiger partial charge is 0.314 e. The first-order valence-corrected chi connectivity index (χ1v) is 3.25. The van der Waals surface area contributed by atoms with Crippen LogP contribution in [0.3, 0.4) is 0 Å². The highest BCUT2D eigenvalue weighted by Crippen LogP contribution is 1.91. The van der Waals surface area contributed by atoms with Crippen molar-refractivity contribution in [2.75, 3.05) is 7.05 Å². The summed E-state index contributed by atoms with van der Waals surface area (Å²) in [7, 11) is 1.89. The van der Waals surface area contributed by atoms with Crippen LogP contribution in [0.1, 0.15) is 11.4 Å². The number of aryl methyl sites for hydroxylation is 1. The van der Waals surface area contributed by atoms with E-state index in [2.05, 4.69) is 15.3 Å². The minimum atomic E-state index is 0.785. The summed E-state index contributed by atoms with van der Waals surface area (Å²) in [6.07, 6.45) is 3.55. The Morgan fingerprint density at radius 2 is 2.20 bits per heavy atom. The fraction of sp³-hybridized carbons (Fsp3) is 0.429. The first-order chi connectivity index (χ1) is 4.83. The third kappa shape index (κ3) is 1.77. The minimum absolute atomic E-state index is 0.785. The van der Waals surface area contributed by atoms with E-state index in [0.29, 0.717) is 0 Å². The van der Waals surface area contributed by atoms with Crippen molar-refractivity contribution in [2.24, 2.45) is 0 Å². The molecule has 54 valence electrons. The fourth-order valence-corrected chi connectivity index (χ4v) is 0.692. The standard InChI is InChI=1S/C7H11N3/c1-6-3-10-7(4-8-2)5-9-6/h3,5,8H,4H2,1-2H3. The van der Waals surface area contributed by atoms with Crippen molar-refractivity contribution >= 4 is 0 Å². The lowest BCUT2D eigenvalue weighted by Gasteiger charge is -1.96. The maximum absolute atomic E-state index is 4.14. The highest BCUT2D eigenvalue weighted by molar-refractivity contribution is 4.99. The third-order valence-corrected chi connectivity index (χ3v) is 1.19. The Bertz CT molecular complexity index is 193. The molecule has 0 saturated heterocycles. The Labute approximate surface area is 60.5 Å². The van der Waals surface area contributed by atoms with Crippen LogP contribution in [0.5, 0.6) is 0 Å². The first-order valence-electron chi connectivity index (χ1n) is 3.25. The second kappa shape index (κ2) is 3.27. The molecule has 0 aromatic carbocycles. The van der Waals surface area contributed by atoms with Gasteiger partial charge in [0, 0.05) is 18.9 Å². The molecule has 0 atom stereocenters. The van der Waals surface area contributed by atoms with Gasteiger partial charge >= 0.3 is 0 Å². The van der Waals surface area contributed by atoms with Crippen LogP contribution in [0.15, 0.2) is 12.4 Å². The molecule has 1 N–H and O–H groups in total. The number of hydrogen-bond donors (Lipinski definition) is 1. The van der Waals surface area contributed by atoms with Gasteiger partial charge in [0.15, 0.2) is 0 Å². The highest BCUT2D eigenvalue weighted by Gasteiger charge is 1.90. The van der Waals surface area contributed by atoms with Gasteiger partial charge in [0.2, 0.25) is 0 Å². The van der Waals surface area contributed by atoms with Gasteiger partial charge in [-0.1, -0.05) is 0 Å². The summed E-state index contributed by atoms with van der Waals surface area (Å²) in [5, 5.41) is 3.00. The number of rotatable bonds is 2. The second-order valence-electron chi connectivity index (χ2n) is 2.18. The van der Waals surface area contributed by atoms with E-state index in [1.54, 1.807) is 12.4 Å². The monoisotopic (exact) mass is 137 g/mol. The predicted octanol–water partition coefficient (Wildman–Crippen LogP) is 0.504. The smallest absolute Gasteiger partial charge is 0.0724 e. The lowest BCUT2D eigenvalue weighted by atomic mass is 10.4. The van der Waals surface area contributed by atoms with Crippen LogP contribution < -0.4 is 5.32 Å². The number of nitrogens with one attached hydrogen (secondary N) is 1. The van der Waals surface area contributed by atoms with Crippen molar-refractivity contribution in [2.45, 2.75) is 13.5 Å². The number of hydrogen-bond acceptors (Lipinski definition) is 3. The van der Waals surface area contributed by atoms with Crippen molar-refractivity contribution in [3.8, 4) is 0 Å². The summed E-state index contributed by atoms with van der Waals surface area (Å²) in [5.74, 6) is 0. The van der Waals surface area contributed by atoms with Crippen molar-refractivity contribution in [3.05, 3.63) is 23.8 Å². The number of nitrogens with zero attached hydrogens (tertiary/aromatic N) is 2. The van der Waals surface area contributed by atoms with Crippen LogP contribution in [0.2, 0.25) is 0 Å². The molecule has 1 aromatic heterocycles. The molecule has 0 bridgehead atoms.